The maximum absolute atomic E-state index is 13.9. The molecule has 3 unspecified atom stereocenters. The summed E-state index contributed by atoms with van der Waals surface area (Å²) in [6.45, 7) is 0.406. The Morgan fingerprint density at radius 2 is 1.74 bits per heavy atom. The second kappa shape index (κ2) is 11.8. The summed E-state index contributed by atoms with van der Waals surface area (Å²) in [5.74, 6) is -0.811. The van der Waals surface area contributed by atoms with E-state index in [4.69, 9.17) is 5.73 Å². The first-order chi connectivity index (χ1) is 18.8. The van der Waals surface area contributed by atoms with Gasteiger partial charge in [-0.25, -0.2) is 18.1 Å². The molecular formula is C28H33N5O4S2. The fourth-order valence-electron chi connectivity index (χ4n) is 5.40. The highest BCUT2D eigenvalue weighted by Gasteiger charge is 2.39. The Kier molecular flexibility index (Phi) is 8.29. The van der Waals surface area contributed by atoms with E-state index in [0.29, 0.717) is 36.5 Å². The summed E-state index contributed by atoms with van der Waals surface area (Å²) in [6, 6.07) is 16.5. The lowest BCUT2D eigenvalue weighted by molar-refractivity contribution is -0.140. The molecule has 1 aliphatic heterocycles. The molecule has 11 heteroatoms. The summed E-state index contributed by atoms with van der Waals surface area (Å²) >= 11 is 1.45. The van der Waals surface area contributed by atoms with Gasteiger partial charge in [0.25, 0.3) is 0 Å². The quantitative estimate of drug-likeness (QED) is 0.364. The number of nitrogens with one attached hydrogen (secondary N) is 2. The molecule has 2 amide bonds. The third-order valence-electron chi connectivity index (χ3n) is 7.24. The van der Waals surface area contributed by atoms with Crippen molar-refractivity contribution in [2.24, 2.45) is 0 Å². The van der Waals surface area contributed by atoms with Crippen LogP contribution >= 0.6 is 11.3 Å². The van der Waals surface area contributed by atoms with Crippen molar-refractivity contribution in [1.29, 1.82) is 0 Å². The van der Waals surface area contributed by atoms with E-state index in [1.165, 1.54) is 11.3 Å². The molecule has 39 heavy (non-hydrogen) atoms. The van der Waals surface area contributed by atoms with Crippen LogP contribution in [0.15, 0.2) is 60.7 Å². The monoisotopic (exact) mass is 567 g/mol. The molecule has 1 saturated heterocycles. The van der Waals surface area contributed by atoms with Gasteiger partial charge in [0.05, 0.1) is 11.4 Å². The largest absolute Gasteiger partial charge is 0.375 e. The zero-order chi connectivity index (χ0) is 27.4. The number of hydrogen-bond donors (Lipinski definition) is 3. The van der Waals surface area contributed by atoms with Crippen molar-refractivity contribution in [2.75, 3.05) is 12.3 Å². The van der Waals surface area contributed by atoms with Crippen LogP contribution < -0.4 is 15.8 Å². The fraction of sp³-hybridized carbons (Fsp3) is 0.393. The van der Waals surface area contributed by atoms with Gasteiger partial charge >= 0.3 is 0 Å². The highest BCUT2D eigenvalue weighted by molar-refractivity contribution is 7.88. The number of aromatic nitrogens is 1. The van der Waals surface area contributed by atoms with Crippen LogP contribution in [0.2, 0.25) is 0 Å². The lowest BCUT2D eigenvalue weighted by Gasteiger charge is -2.30. The zero-order valence-corrected chi connectivity index (χ0v) is 23.2. The van der Waals surface area contributed by atoms with E-state index in [0.717, 1.165) is 29.0 Å². The predicted octanol–water partition coefficient (Wildman–Crippen LogP) is 2.42. The first-order valence-electron chi connectivity index (χ1n) is 13.2. The Hall–Kier alpha value is -3.28. The third kappa shape index (κ3) is 6.84. The smallest absolute Gasteiger partial charge is 0.243 e. The Morgan fingerprint density at radius 1 is 1.05 bits per heavy atom. The van der Waals surface area contributed by atoms with Crippen molar-refractivity contribution in [3.63, 3.8) is 0 Å². The summed E-state index contributed by atoms with van der Waals surface area (Å²) < 4.78 is 28.9. The normalized spacial score (nSPS) is 19.8. The topological polar surface area (TPSA) is 134 Å². The molecule has 0 radical (unpaired) electrons. The maximum atomic E-state index is 13.9. The lowest BCUT2D eigenvalue weighted by atomic mass is 9.97. The first-order valence-corrected chi connectivity index (χ1v) is 15.7. The highest BCUT2D eigenvalue weighted by atomic mass is 32.2. The maximum Gasteiger partial charge on any atom is 0.243 e. The second-order valence-electron chi connectivity index (χ2n) is 10.2. The molecule has 0 saturated carbocycles. The van der Waals surface area contributed by atoms with Crippen LogP contribution in [0.1, 0.15) is 41.0 Å². The molecule has 2 aromatic carbocycles. The number of nitrogens with two attached hydrogens (primary N) is 1. The Morgan fingerprint density at radius 3 is 2.46 bits per heavy atom. The van der Waals surface area contributed by atoms with Gasteiger partial charge in [0, 0.05) is 23.9 Å². The molecule has 9 nitrogen and oxygen atoms in total. The lowest BCUT2D eigenvalue weighted by Crippen LogP contribution is -2.55. The number of likely N-dealkylation sites (tertiary alicyclic amines) is 1. The Bertz CT molecular complexity index is 1410. The minimum absolute atomic E-state index is 0.0492. The molecule has 0 bridgehead atoms. The number of hydrogen-bond acceptors (Lipinski definition) is 7. The second-order valence-corrected chi connectivity index (χ2v) is 13.0. The summed E-state index contributed by atoms with van der Waals surface area (Å²) in [6.07, 6.45) is 3.60. The van der Waals surface area contributed by atoms with E-state index >= 15 is 0 Å². The SMILES string of the molecule is Nc1nc2c(s1)CC(NC(=O)C1CCCN1C(=O)C(Cc1ccccc1)NS(=O)(=O)Cc1ccccc1)CC2. The summed E-state index contributed by atoms with van der Waals surface area (Å²) in [4.78, 5) is 34.2. The van der Waals surface area contributed by atoms with Crippen LogP contribution in [0.25, 0.3) is 0 Å². The molecule has 4 N–H and O–H groups in total. The summed E-state index contributed by atoms with van der Waals surface area (Å²) in [5.41, 5.74) is 8.33. The number of nitrogens with zero attached hydrogens (tertiary/aromatic N) is 2. The zero-order valence-electron chi connectivity index (χ0n) is 21.6. The number of anilines is 1. The van der Waals surface area contributed by atoms with Gasteiger partial charge in [-0.15, -0.1) is 11.3 Å². The van der Waals surface area contributed by atoms with Gasteiger partial charge in [0.2, 0.25) is 21.8 Å². The van der Waals surface area contributed by atoms with E-state index in [9.17, 15) is 18.0 Å². The van der Waals surface area contributed by atoms with Crippen molar-refractivity contribution >= 4 is 38.3 Å². The molecule has 2 aliphatic rings. The minimum Gasteiger partial charge on any atom is -0.375 e. The predicted molar refractivity (Wildman–Crippen MR) is 151 cm³/mol. The van der Waals surface area contributed by atoms with Crippen molar-refractivity contribution < 1.29 is 18.0 Å². The first kappa shape index (κ1) is 27.3. The number of amides is 2. The van der Waals surface area contributed by atoms with Gasteiger partial charge < -0.3 is 16.0 Å². The van der Waals surface area contributed by atoms with Gasteiger partial charge in [-0.05, 0) is 43.2 Å². The number of benzene rings is 2. The summed E-state index contributed by atoms with van der Waals surface area (Å²) in [5, 5.41) is 3.67. The molecule has 1 aromatic heterocycles. The number of carbonyl (C=O) groups excluding carboxylic acids is 2. The van der Waals surface area contributed by atoms with E-state index in [1.807, 2.05) is 36.4 Å². The van der Waals surface area contributed by atoms with E-state index in [-0.39, 0.29) is 30.0 Å². The molecular weight excluding hydrogens is 534 g/mol. The van der Waals surface area contributed by atoms with Gasteiger partial charge in [0.15, 0.2) is 5.13 Å². The number of nitrogen functional groups attached to an aromatic ring is 1. The Labute approximate surface area is 232 Å². The van der Waals surface area contributed by atoms with Crippen molar-refractivity contribution in [3.05, 3.63) is 82.4 Å². The average Bonchev–Trinajstić information content (AvgIpc) is 3.54. The molecule has 0 spiro atoms. The molecule has 5 rings (SSSR count). The van der Waals surface area contributed by atoms with E-state index in [2.05, 4.69) is 15.0 Å². The highest BCUT2D eigenvalue weighted by Crippen LogP contribution is 2.29. The minimum atomic E-state index is -3.83. The Balaban J connectivity index is 1.30. The number of aryl methyl sites for hydroxylation is 1. The standard InChI is InChI=1S/C28H33N5O4S2/c29-28-31-22-14-13-21(17-25(22)38-28)30-26(34)24-12-7-15-33(24)27(35)23(16-19-8-3-1-4-9-19)32-39(36,37)18-20-10-5-2-6-11-20/h1-6,8-11,21,23-24,32H,7,12-18H2,(H2,29,31)(H,30,34). The average molecular weight is 568 g/mol. The van der Waals surface area contributed by atoms with Crippen molar-refractivity contribution in [2.45, 2.75) is 62.4 Å². The number of carbonyl (C=O) groups is 2. The van der Waals surface area contributed by atoms with Gasteiger partial charge in [-0.2, -0.15) is 0 Å². The third-order valence-corrected chi connectivity index (χ3v) is 9.55. The van der Waals surface area contributed by atoms with E-state index in [1.54, 1.807) is 29.2 Å². The van der Waals surface area contributed by atoms with Gasteiger partial charge in [-0.1, -0.05) is 60.7 Å². The fourth-order valence-corrected chi connectivity index (χ4v) is 7.69. The molecule has 3 aromatic rings. The van der Waals surface area contributed by atoms with E-state index < -0.39 is 22.1 Å². The van der Waals surface area contributed by atoms with Crippen LogP contribution in [-0.2, 0) is 44.6 Å². The van der Waals surface area contributed by atoms with Gasteiger partial charge in [-0.3, -0.25) is 9.59 Å². The van der Waals surface area contributed by atoms with Crippen LogP contribution in [0, 0.1) is 0 Å². The van der Waals surface area contributed by atoms with Crippen LogP contribution in [0.4, 0.5) is 5.13 Å². The number of thiazole rings is 1. The van der Waals surface area contributed by atoms with Crippen molar-refractivity contribution in [3.8, 4) is 0 Å². The molecule has 1 aliphatic carbocycles. The molecule has 1 fully saturated rings. The number of fused-ring (bicyclic) bond motifs is 1. The number of rotatable bonds is 9. The molecule has 3 atom stereocenters. The van der Waals surface area contributed by atoms with Gasteiger partial charge in [0.1, 0.15) is 12.1 Å². The molecule has 2 heterocycles. The van der Waals surface area contributed by atoms with Crippen molar-refractivity contribution in [1.82, 2.24) is 19.9 Å². The molecule has 206 valence electrons. The van der Waals surface area contributed by atoms with Crippen LogP contribution in [-0.4, -0.2) is 54.8 Å². The summed E-state index contributed by atoms with van der Waals surface area (Å²) in [7, 11) is -3.83. The van der Waals surface area contributed by atoms with Crippen LogP contribution in [0.3, 0.4) is 0 Å². The van der Waals surface area contributed by atoms with Crippen LogP contribution in [0.5, 0.6) is 0 Å². The number of sulfonamides is 1.